The van der Waals surface area contributed by atoms with E-state index < -0.39 is 45.9 Å². The Morgan fingerprint density at radius 1 is 0.440 bits per heavy atom. The van der Waals surface area contributed by atoms with Crippen LogP contribution in [-0.4, -0.2) is 149 Å². The maximum Gasteiger partial charge on any atom is 5.00 e. The minimum absolute atomic E-state index is 0. The second-order valence-electron chi connectivity index (χ2n) is 1.25. The Hall–Kier alpha value is 2.94. The molecule has 0 aromatic rings. The van der Waals surface area contributed by atoms with Crippen molar-refractivity contribution < 1.29 is 115 Å². The van der Waals surface area contributed by atoms with Crippen LogP contribution in [0.25, 0.3) is 0 Å². The molecule has 0 aliphatic heterocycles. The van der Waals surface area contributed by atoms with Crippen LogP contribution in [0.2, 0.25) is 0 Å². The summed E-state index contributed by atoms with van der Waals surface area (Å²) in [5.74, 6) is 0. The van der Waals surface area contributed by atoms with E-state index in [2.05, 4.69) is 0 Å². The first kappa shape index (κ1) is 63.0. The molecular formula is H2CaGaNbO15Si5SrTa. The summed E-state index contributed by atoms with van der Waals surface area (Å²) >= 11 is 0. The molecule has 0 bridgehead atoms. The monoisotopic (exact) mass is 852 g/mol. The molecule has 0 saturated carbocycles. The molecule has 0 aromatic heterocycles. The van der Waals surface area contributed by atoms with Gasteiger partial charge in [0, 0.05) is 68.2 Å². The molecule has 0 fully saturated rings. The van der Waals surface area contributed by atoms with Gasteiger partial charge in [-0.25, -0.2) is 0 Å². The fraction of sp³-hybridized carbons (Fsp3) is 0. The Kier molecular flexibility index (Phi) is 142. The van der Waals surface area contributed by atoms with E-state index in [9.17, 15) is 0 Å². The van der Waals surface area contributed by atoms with Crippen molar-refractivity contribution in [3.63, 3.8) is 0 Å². The number of hydrogen-bond acceptors (Lipinski definition) is 15. The molecule has 0 heterocycles. The smallest absolute Gasteiger partial charge is 0 e. The molecule has 0 aromatic carbocycles. The van der Waals surface area contributed by atoms with E-state index in [1.807, 2.05) is 0 Å². The summed E-state index contributed by atoms with van der Waals surface area (Å²) in [5, 5.41) is 0. The van der Waals surface area contributed by atoms with Crippen molar-refractivity contribution in [2.24, 2.45) is 0 Å². The van der Waals surface area contributed by atoms with Gasteiger partial charge in [0.25, 0.3) is 0 Å². The van der Waals surface area contributed by atoms with Gasteiger partial charge in [-0.1, -0.05) is 0 Å². The average Bonchev–Trinajstić information content (AvgIpc) is 1.94. The Morgan fingerprint density at radius 3 is 0.440 bits per heavy atom. The van der Waals surface area contributed by atoms with E-state index in [1.165, 1.54) is 0 Å². The molecule has 0 saturated heterocycles. The molecule has 15 nitrogen and oxygen atoms in total. The Labute approximate surface area is 259 Å². The topological polar surface area (TPSA) is 316 Å². The van der Waals surface area contributed by atoms with Crippen LogP contribution in [-0.2, 0) is 67.1 Å². The van der Waals surface area contributed by atoms with Crippen molar-refractivity contribution in [2.45, 2.75) is 0 Å². The first-order chi connectivity index (χ1) is 8.66. The van der Waals surface area contributed by atoms with Crippen LogP contribution in [0.5, 0.6) is 0 Å². The summed E-state index contributed by atoms with van der Waals surface area (Å²) in [6.07, 6.45) is 0. The first-order valence-corrected chi connectivity index (χ1v) is 9.19. The third-order valence-electron chi connectivity index (χ3n) is 0. The summed E-state index contributed by atoms with van der Waals surface area (Å²) in [7, 11) is -18.1. The molecule has 25 heavy (non-hydrogen) atoms. The van der Waals surface area contributed by atoms with E-state index >= 15 is 0 Å². The summed E-state index contributed by atoms with van der Waals surface area (Å²) in [5.41, 5.74) is 0. The van der Waals surface area contributed by atoms with E-state index in [0.717, 1.165) is 0 Å². The summed E-state index contributed by atoms with van der Waals surface area (Å²) in [6, 6.07) is 0. The molecule has 0 N–H and O–H groups in total. The molecule has 0 aliphatic rings. The van der Waals surface area contributed by atoms with Gasteiger partial charge in [0.2, 0.25) is 0 Å². The molecule has 0 aliphatic carbocycles. The second-order valence-corrected chi connectivity index (χ2v) is 3.75. The van der Waals surface area contributed by atoms with Crippen LogP contribution >= 0.6 is 0 Å². The van der Waals surface area contributed by atoms with Gasteiger partial charge in [0.05, 0.1) is 0 Å². The average molecular weight is 854 g/mol. The van der Waals surface area contributed by atoms with Gasteiger partial charge >= 0.3 is 125 Å². The van der Waals surface area contributed by atoms with Crippen LogP contribution < -0.4 is 48.0 Å². The van der Waals surface area contributed by atoms with Crippen molar-refractivity contribution in [1.82, 2.24) is 0 Å². The van der Waals surface area contributed by atoms with Crippen LogP contribution in [0.4, 0.5) is 0 Å². The van der Waals surface area contributed by atoms with Crippen molar-refractivity contribution in [3.8, 4) is 0 Å². The quantitative estimate of drug-likeness (QED) is 0.204. The van der Waals surface area contributed by atoms with Crippen molar-refractivity contribution >= 4 is 149 Å². The van der Waals surface area contributed by atoms with Gasteiger partial charge in [0.1, 0.15) is 0 Å². The zero-order valence-electron chi connectivity index (χ0n) is 10.8. The van der Waals surface area contributed by atoms with E-state index in [1.54, 1.807) is 0 Å². The minimum Gasteiger partial charge on any atom is 0 e. The molecule has 129 valence electrons. The van der Waals surface area contributed by atoms with Crippen molar-refractivity contribution in [3.05, 3.63) is 0 Å². The maximum atomic E-state index is 8.52. The Bertz CT molecular complexity index is 231. The van der Waals surface area contributed by atoms with Crippen LogP contribution in [0.15, 0.2) is 0 Å². The van der Waals surface area contributed by atoms with Gasteiger partial charge < -0.3 is 70.3 Å². The molecule has 0 amide bonds. The second kappa shape index (κ2) is 56.3. The summed E-state index contributed by atoms with van der Waals surface area (Å²) < 4.78 is 42.6. The van der Waals surface area contributed by atoms with Gasteiger partial charge in [0.15, 0.2) is 0 Å². The van der Waals surface area contributed by atoms with Crippen LogP contribution in [0.3, 0.4) is 0 Å². The molecule has 0 rings (SSSR count). The molecule has 0 atom stereocenters. The normalized spacial score (nSPS) is 4.80. The summed E-state index contributed by atoms with van der Waals surface area (Å²) in [6.45, 7) is 0. The Balaban J connectivity index is -0.0000000134. The third kappa shape index (κ3) is 1940. The van der Waals surface area contributed by atoms with E-state index in [0.29, 0.717) is 0 Å². The fourth-order valence-corrected chi connectivity index (χ4v) is 0. The van der Waals surface area contributed by atoms with Crippen LogP contribution in [0.1, 0.15) is 0 Å². The van der Waals surface area contributed by atoms with Crippen LogP contribution in [0, 0.1) is 0 Å². The van der Waals surface area contributed by atoms with Gasteiger partial charge in [-0.05, 0) is 0 Å². The predicted octanol–water partition coefficient (Wildman–Crippen LogP) is -16.1. The number of rotatable bonds is 0. The number of hydrogen-bond donors (Lipinski definition) is 0. The van der Waals surface area contributed by atoms with Crippen molar-refractivity contribution in [2.75, 3.05) is 0 Å². The van der Waals surface area contributed by atoms with E-state index in [-0.39, 0.29) is 148 Å². The Morgan fingerprint density at radius 2 is 0.440 bits per heavy atom. The third-order valence-corrected chi connectivity index (χ3v) is 0. The molecule has 1 radical (unpaired) electrons. The zero-order valence-corrected chi connectivity index (χ0v) is 27.1. The fourth-order valence-electron chi connectivity index (χ4n) is 0. The van der Waals surface area contributed by atoms with E-state index in [4.69, 9.17) is 70.3 Å². The molecule has 25 heteroatoms. The van der Waals surface area contributed by atoms with Gasteiger partial charge in [-0.15, -0.1) is 0 Å². The molecule has 0 unspecified atom stereocenters. The summed E-state index contributed by atoms with van der Waals surface area (Å²) in [4.78, 5) is 85.2. The van der Waals surface area contributed by atoms with Crippen molar-refractivity contribution in [1.29, 1.82) is 0 Å². The first-order valence-electron chi connectivity index (χ1n) is 3.06. The predicted molar refractivity (Wildman–Crippen MR) is 52.3 cm³/mol. The standard InChI is InChI=1S/Ca.Ga.Nb.5O3Si.Sr.Ta.2H/c;;;5*1-4(2)3;;;;/q;+3;;5*-2;+2;+5;;. The minimum atomic E-state index is -3.63. The SMILES string of the molecule is O=[Si]([O-])[O-].O=[Si]([O-])[O-].O=[Si]([O-])[O-].O=[Si]([O-])[O-].O=[Si]([O-])[O-].[CaH2].[Ga+3].[Nb].[Sr+2].[Ta+5]. The maximum absolute atomic E-state index is 8.52. The molecule has 0 spiro atoms. The van der Waals surface area contributed by atoms with Gasteiger partial charge in [-0.3, -0.25) is 0 Å². The zero-order chi connectivity index (χ0) is 17.9. The largest absolute Gasteiger partial charge is 5.00 e. The van der Waals surface area contributed by atoms with Gasteiger partial charge in [-0.2, -0.15) is 0 Å². The molecular weight excluding hydrogens is 852 g/mol.